The molecule has 2 aromatic rings. The molecule has 0 saturated carbocycles. The summed E-state index contributed by atoms with van der Waals surface area (Å²) in [5.41, 5.74) is 1.59. The number of likely N-dealkylation sites (tertiary alicyclic amines) is 1. The van der Waals surface area contributed by atoms with Crippen LogP contribution in [0.15, 0.2) is 48.5 Å². The third-order valence-corrected chi connectivity index (χ3v) is 6.20. The standard InChI is InChI=1S/C26H33N3O5/c1-18(2)25(30)27-19-4-8-22(9-5-19)33-23-12-14-28(15-13-23)16-24-17-29(26(31)34-24)20-6-10-21(32-3)11-7-20/h4-11,18,23-24H,12-17H2,1-3H3,(H,27,30)/t24-/m0/s1. The summed E-state index contributed by atoms with van der Waals surface area (Å²) >= 11 is 0. The van der Waals surface area contributed by atoms with E-state index in [0.29, 0.717) is 6.54 Å². The van der Waals surface area contributed by atoms with Gasteiger partial charge in [0.2, 0.25) is 5.91 Å². The summed E-state index contributed by atoms with van der Waals surface area (Å²) in [6.07, 6.45) is 1.51. The van der Waals surface area contributed by atoms with Crippen molar-refractivity contribution in [2.45, 2.75) is 38.9 Å². The summed E-state index contributed by atoms with van der Waals surface area (Å²) in [4.78, 5) is 28.2. The van der Waals surface area contributed by atoms with E-state index in [9.17, 15) is 9.59 Å². The highest BCUT2D eigenvalue weighted by molar-refractivity contribution is 5.92. The van der Waals surface area contributed by atoms with Crippen molar-refractivity contribution in [3.63, 3.8) is 0 Å². The second-order valence-corrected chi connectivity index (χ2v) is 9.10. The first-order valence-corrected chi connectivity index (χ1v) is 11.8. The van der Waals surface area contributed by atoms with Gasteiger partial charge in [0.05, 0.1) is 13.7 Å². The van der Waals surface area contributed by atoms with Crippen LogP contribution >= 0.6 is 0 Å². The molecule has 1 atom stereocenters. The van der Waals surface area contributed by atoms with Crippen molar-refractivity contribution in [2.24, 2.45) is 5.92 Å². The molecule has 0 radical (unpaired) electrons. The van der Waals surface area contributed by atoms with Gasteiger partial charge in [0, 0.05) is 36.9 Å². The van der Waals surface area contributed by atoms with Gasteiger partial charge in [-0.25, -0.2) is 4.79 Å². The molecule has 0 aromatic heterocycles. The number of anilines is 2. The van der Waals surface area contributed by atoms with Crippen LogP contribution in [0.4, 0.5) is 16.2 Å². The van der Waals surface area contributed by atoms with Crippen LogP contribution in [0.25, 0.3) is 0 Å². The molecule has 2 aliphatic rings. The number of hydrogen-bond acceptors (Lipinski definition) is 6. The fourth-order valence-corrected chi connectivity index (χ4v) is 4.18. The van der Waals surface area contributed by atoms with Crippen molar-refractivity contribution in [1.82, 2.24) is 4.90 Å². The topological polar surface area (TPSA) is 80.3 Å². The number of ether oxygens (including phenoxy) is 3. The molecule has 34 heavy (non-hydrogen) atoms. The van der Waals surface area contributed by atoms with Gasteiger partial charge in [-0.15, -0.1) is 0 Å². The lowest BCUT2D eigenvalue weighted by atomic mass is 10.1. The molecule has 8 heteroatoms. The fraction of sp³-hybridized carbons (Fsp3) is 0.462. The van der Waals surface area contributed by atoms with Gasteiger partial charge in [0.1, 0.15) is 23.7 Å². The molecule has 8 nitrogen and oxygen atoms in total. The Morgan fingerprint density at radius 2 is 1.71 bits per heavy atom. The highest BCUT2D eigenvalue weighted by Gasteiger charge is 2.34. The van der Waals surface area contributed by atoms with Gasteiger partial charge in [0.25, 0.3) is 0 Å². The second-order valence-electron chi connectivity index (χ2n) is 9.10. The Kier molecular flexibility index (Phi) is 7.57. The van der Waals surface area contributed by atoms with Gasteiger partial charge in [-0.2, -0.15) is 0 Å². The Morgan fingerprint density at radius 3 is 2.32 bits per heavy atom. The summed E-state index contributed by atoms with van der Waals surface area (Å²) in [5.74, 6) is 1.51. The van der Waals surface area contributed by atoms with E-state index in [1.807, 2.05) is 62.4 Å². The van der Waals surface area contributed by atoms with Crippen LogP contribution in [0.1, 0.15) is 26.7 Å². The minimum atomic E-state index is -0.304. The Hall–Kier alpha value is -3.26. The average Bonchev–Trinajstić information content (AvgIpc) is 3.21. The van der Waals surface area contributed by atoms with Crippen molar-refractivity contribution in [3.8, 4) is 11.5 Å². The van der Waals surface area contributed by atoms with E-state index < -0.39 is 0 Å². The molecule has 2 saturated heterocycles. The van der Waals surface area contributed by atoms with E-state index in [1.165, 1.54) is 0 Å². The zero-order chi connectivity index (χ0) is 24.1. The number of cyclic esters (lactones) is 1. The van der Waals surface area contributed by atoms with Crippen molar-refractivity contribution in [1.29, 1.82) is 0 Å². The zero-order valence-electron chi connectivity index (χ0n) is 20.0. The minimum Gasteiger partial charge on any atom is -0.497 e. The average molecular weight is 468 g/mol. The Labute approximate surface area is 200 Å². The Balaban J connectivity index is 1.21. The van der Waals surface area contributed by atoms with Crippen molar-refractivity contribution in [3.05, 3.63) is 48.5 Å². The summed E-state index contributed by atoms with van der Waals surface area (Å²) in [5, 5.41) is 2.89. The van der Waals surface area contributed by atoms with Crippen LogP contribution in [0.2, 0.25) is 0 Å². The molecule has 2 amide bonds. The SMILES string of the molecule is COc1ccc(N2C[C@H](CN3CCC(Oc4ccc(NC(=O)C(C)C)cc4)CC3)OC2=O)cc1. The van der Waals surface area contributed by atoms with Crippen LogP contribution in [0.5, 0.6) is 11.5 Å². The summed E-state index contributed by atoms with van der Waals surface area (Å²) in [6.45, 7) is 6.78. The van der Waals surface area contributed by atoms with Gasteiger partial charge in [0.15, 0.2) is 0 Å². The molecule has 0 bridgehead atoms. The lowest BCUT2D eigenvalue weighted by molar-refractivity contribution is -0.118. The van der Waals surface area contributed by atoms with Crippen LogP contribution in [-0.4, -0.2) is 62.4 Å². The first-order chi connectivity index (χ1) is 16.4. The van der Waals surface area contributed by atoms with E-state index >= 15 is 0 Å². The van der Waals surface area contributed by atoms with Gasteiger partial charge in [-0.05, 0) is 61.4 Å². The number of hydrogen-bond donors (Lipinski definition) is 1. The maximum Gasteiger partial charge on any atom is 0.414 e. The fourth-order valence-electron chi connectivity index (χ4n) is 4.18. The molecule has 1 N–H and O–H groups in total. The molecule has 0 unspecified atom stereocenters. The summed E-state index contributed by atoms with van der Waals surface area (Å²) < 4.78 is 17.0. The Morgan fingerprint density at radius 1 is 1.06 bits per heavy atom. The smallest absolute Gasteiger partial charge is 0.414 e. The first-order valence-electron chi connectivity index (χ1n) is 11.8. The zero-order valence-corrected chi connectivity index (χ0v) is 20.0. The second kappa shape index (κ2) is 10.8. The van der Waals surface area contributed by atoms with Gasteiger partial charge in [-0.3, -0.25) is 14.6 Å². The number of nitrogens with one attached hydrogen (secondary N) is 1. The van der Waals surface area contributed by atoms with Crippen LogP contribution in [0.3, 0.4) is 0 Å². The van der Waals surface area contributed by atoms with E-state index in [0.717, 1.165) is 55.3 Å². The number of rotatable bonds is 8. The van der Waals surface area contributed by atoms with E-state index in [2.05, 4.69) is 10.2 Å². The number of nitrogens with zero attached hydrogens (tertiary/aromatic N) is 2. The van der Waals surface area contributed by atoms with Crippen molar-refractivity contribution < 1.29 is 23.8 Å². The van der Waals surface area contributed by atoms with Gasteiger partial charge < -0.3 is 19.5 Å². The largest absolute Gasteiger partial charge is 0.497 e. The summed E-state index contributed by atoms with van der Waals surface area (Å²) in [6, 6.07) is 15.0. The number of carbonyl (C=O) groups is 2. The molecule has 0 aliphatic carbocycles. The normalized spacial score (nSPS) is 19.2. The van der Waals surface area contributed by atoms with Crippen LogP contribution in [-0.2, 0) is 9.53 Å². The van der Waals surface area contributed by atoms with E-state index in [1.54, 1.807) is 12.0 Å². The van der Waals surface area contributed by atoms with E-state index in [4.69, 9.17) is 14.2 Å². The lowest BCUT2D eigenvalue weighted by Crippen LogP contribution is -2.42. The number of benzene rings is 2. The highest BCUT2D eigenvalue weighted by Crippen LogP contribution is 2.26. The number of methoxy groups -OCH3 is 1. The maximum absolute atomic E-state index is 12.4. The van der Waals surface area contributed by atoms with Crippen LogP contribution < -0.4 is 19.7 Å². The molecular weight excluding hydrogens is 434 g/mol. The third-order valence-electron chi connectivity index (χ3n) is 6.20. The predicted octanol–water partition coefficient (Wildman–Crippen LogP) is 4.16. The molecule has 2 fully saturated rings. The quantitative estimate of drug-likeness (QED) is 0.628. The molecule has 4 rings (SSSR count). The van der Waals surface area contributed by atoms with E-state index in [-0.39, 0.29) is 30.1 Å². The third kappa shape index (κ3) is 5.99. The van der Waals surface area contributed by atoms with Gasteiger partial charge >= 0.3 is 6.09 Å². The minimum absolute atomic E-state index is 0.00102. The monoisotopic (exact) mass is 467 g/mol. The number of amides is 2. The summed E-state index contributed by atoms with van der Waals surface area (Å²) in [7, 11) is 1.62. The van der Waals surface area contributed by atoms with Crippen molar-refractivity contribution >= 4 is 23.4 Å². The molecule has 0 spiro atoms. The highest BCUT2D eigenvalue weighted by atomic mass is 16.6. The maximum atomic E-state index is 12.4. The predicted molar refractivity (Wildman–Crippen MR) is 131 cm³/mol. The van der Waals surface area contributed by atoms with Gasteiger partial charge in [-0.1, -0.05) is 13.8 Å². The first kappa shape index (κ1) is 23.9. The molecule has 2 aliphatic heterocycles. The number of piperidine rings is 1. The Bertz CT molecular complexity index is 969. The molecule has 182 valence electrons. The van der Waals surface area contributed by atoms with Crippen molar-refractivity contribution in [2.75, 3.05) is 43.5 Å². The molecule has 2 heterocycles. The number of carbonyl (C=O) groups excluding carboxylic acids is 2. The van der Waals surface area contributed by atoms with Crippen LogP contribution in [0, 0.1) is 5.92 Å². The molecular formula is C26H33N3O5. The molecule has 2 aromatic carbocycles. The lowest BCUT2D eigenvalue weighted by Gasteiger charge is -2.33.